The van der Waals surface area contributed by atoms with Gasteiger partial charge in [-0.1, -0.05) is 18.2 Å². The molecule has 0 bridgehead atoms. The van der Waals surface area contributed by atoms with E-state index in [0.29, 0.717) is 5.71 Å². The molecule has 7 heteroatoms. The van der Waals surface area contributed by atoms with Gasteiger partial charge in [-0.15, -0.1) is 0 Å². The van der Waals surface area contributed by atoms with Crippen molar-refractivity contribution in [1.82, 2.24) is 4.83 Å². The van der Waals surface area contributed by atoms with Crippen LogP contribution >= 0.6 is 0 Å². The molecule has 0 saturated carbocycles. The minimum absolute atomic E-state index is 0.0504. The molecule has 0 aliphatic heterocycles. The van der Waals surface area contributed by atoms with Gasteiger partial charge in [0.05, 0.1) is 17.9 Å². The maximum atomic E-state index is 11.8. The van der Waals surface area contributed by atoms with E-state index in [2.05, 4.69) is 9.93 Å². The summed E-state index contributed by atoms with van der Waals surface area (Å²) in [7, 11) is -3.69. The predicted molar refractivity (Wildman–Crippen MR) is 71.1 cm³/mol. The number of nitrogens with zero attached hydrogens (tertiary/aromatic N) is 1. The molecule has 0 amide bonds. The first-order chi connectivity index (χ1) is 8.95. The second-order valence-corrected chi connectivity index (χ2v) is 5.40. The Balaban J connectivity index is 2.67. The number of carbonyl (C=O) groups excluding carboxylic acids is 1. The highest BCUT2D eigenvalue weighted by Gasteiger charge is 2.12. The number of ether oxygens (including phenoxy) is 1. The van der Waals surface area contributed by atoms with Crippen molar-refractivity contribution in [3.05, 3.63) is 30.3 Å². The van der Waals surface area contributed by atoms with Gasteiger partial charge >= 0.3 is 5.97 Å². The van der Waals surface area contributed by atoms with Crippen LogP contribution in [0.5, 0.6) is 0 Å². The molecule has 1 aromatic carbocycles. The van der Waals surface area contributed by atoms with Crippen LogP contribution in [0.1, 0.15) is 20.3 Å². The van der Waals surface area contributed by atoms with Gasteiger partial charge in [-0.3, -0.25) is 4.79 Å². The molecule has 0 unspecified atom stereocenters. The lowest BCUT2D eigenvalue weighted by atomic mass is 10.3. The molecule has 1 aromatic rings. The predicted octanol–water partition coefficient (Wildman–Crippen LogP) is 1.29. The van der Waals surface area contributed by atoms with Gasteiger partial charge in [0.25, 0.3) is 10.0 Å². The number of rotatable bonds is 6. The summed E-state index contributed by atoms with van der Waals surface area (Å²) in [5.74, 6) is -0.442. The van der Waals surface area contributed by atoms with Gasteiger partial charge in [0.2, 0.25) is 0 Å². The summed E-state index contributed by atoms with van der Waals surface area (Å²) >= 11 is 0. The Labute approximate surface area is 112 Å². The number of hydrazone groups is 1. The fourth-order valence-electron chi connectivity index (χ4n) is 1.25. The Hall–Kier alpha value is -1.89. The van der Waals surface area contributed by atoms with Crippen LogP contribution in [-0.2, 0) is 19.6 Å². The molecule has 19 heavy (non-hydrogen) atoms. The first kappa shape index (κ1) is 15.2. The molecular weight excluding hydrogens is 268 g/mol. The van der Waals surface area contributed by atoms with Crippen molar-refractivity contribution in [1.29, 1.82) is 0 Å². The smallest absolute Gasteiger partial charge is 0.311 e. The second kappa shape index (κ2) is 6.89. The van der Waals surface area contributed by atoms with Gasteiger partial charge < -0.3 is 4.74 Å². The van der Waals surface area contributed by atoms with Crippen LogP contribution in [0.15, 0.2) is 40.3 Å². The van der Waals surface area contributed by atoms with Crippen molar-refractivity contribution in [3.63, 3.8) is 0 Å². The third kappa shape index (κ3) is 5.09. The van der Waals surface area contributed by atoms with Crippen LogP contribution in [0.4, 0.5) is 0 Å². The molecular formula is C12H16N2O4S. The Morgan fingerprint density at radius 2 is 1.95 bits per heavy atom. The third-order valence-electron chi connectivity index (χ3n) is 2.12. The summed E-state index contributed by atoms with van der Waals surface area (Å²) in [6, 6.07) is 7.86. The van der Waals surface area contributed by atoms with Crippen LogP contribution in [0.25, 0.3) is 0 Å². The highest BCUT2D eigenvalue weighted by atomic mass is 32.2. The van der Waals surface area contributed by atoms with Crippen LogP contribution in [0.3, 0.4) is 0 Å². The maximum Gasteiger partial charge on any atom is 0.311 e. The molecule has 0 aliphatic carbocycles. The van der Waals surface area contributed by atoms with Gasteiger partial charge in [0.15, 0.2) is 0 Å². The molecule has 104 valence electrons. The summed E-state index contributed by atoms with van der Waals surface area (Å²) < 4.78 is 28.4. The lowest BCUT2D eigenvalue weighted by molar-refractivity contribution is -0.141. The first-order valence-electron chi connectivity index (χ1n) is 5.71. The van der Waals surface area contributed by atoms with Crippen molar-refractivity contribution >= 4 is 21.7 Å². The van der Waals surface area contributed by atoms with Crippen LogP contribution in [0, 0.1) is 0 Å². The summed E-state index contributed by atoms with van der Waals surface area (Å²) in [6.45, 7) is 3.52. The fourth-order valence-corrected chi connectivity index (χ4v) is 2.15. The van der Waals surface area contributed by atoms with Crippen molar-refractivity contribution in [2.45, 2.75) is 25.2 Å². The van der Waals surface area contributed by atoms with Crippen molar-refractivity contribution in [2.75, 3.05) is 6.61 Å². The fraction of sp³-hybridized carbons (Fsp3) is 0.333. The van der Waals surface area contributed by atoms with Crippen LogP contribution < -0.4 is 4.83 Å². The number of benzene rings is 1. The lowest BCUT2D eigenvalue weighted by Gasteiger charge is -2.05. The van der Waals surface area contributed by atoms with Crippen molar-refractivity contribution < 1.29 is 17.9 Å². The molecule has 0 fully saturated rings. The van der Waals surface area contributed by atoms with Crippen molar-refractivity contribution in [2.24, 2.45) is 5.10 Å². The Kier molecular flexibility index (Phi) is 5.50. The Morgan fingerprint density at radius 1 is 1.32 bits per heavy atom. The van der Waals surface area contributed by atoms with Crippen molar-refractivity contribution in [3.8, 4) is 0 Å². The van der Waals surface area contributed by atoms with Crippen LogP contribution in [0.2, 0.25) is 0 Å². The standard InChI is InChI=1S/C12H16N2O4S/c1-3-18-12(15)9-10(2)13-14-19(16,17)11-7-5-4-6-8-11/h4-8,14H,3,9H2,1-2H3/b13-10+. The Morgan fingerprint density at radius 3 is 2.53 bits per heavy atom. The zero-order valence-electron chi connectivity index (χ0n) is 10.8. The highest BCUT2D eigenvalue weighted by Crippen LogP contribution is 2.06. The summed E-state index contributed by atoms with van der Waals surface area (Å²) in [5, 5.41) is 3.67. The quantitative estimate of drug-likeness (QED) is 0.484. The Bertz CT molecular complexity index is 552. The first-order valence-corrected chi connectivity index (χ1v) is 7.19. The number of esters is 1. The van der Waals surface area contributed by atoms with Crippen LogP contribution in [-0.4, -0.2) is 26.7 Å². The largest absolute Gasteiger partial charge is 0.466 e. The molecule has 0 saturated heterocycles. The number of carbonyl (C=O) groups is 1. The third-order valence-corrected chi connectivity index (χ3v) is 3.34. The van der Waals surface area contributed by atoms with E-state index >= 15 is 0 Å². The van der Waals surface area contributed by atoms with Gasteiger partial charge in [0.1, 0.15) is 0 Å². The van der Waals surface area contributed by atoms with Gasteiger partial charge in [0, 0.05) is 5.71 Å². The van der Waals surface area contributed by atoms with Gasteiger partial charge in [-0.25, -0.2) is 4.83 Å². The number of hydrogen-bond acceptors (Lipinski definition) is 5. The van der Waals surface area contributed by atoms with E-state index in [1.54, 1.807) is 32.0 Å². The van der Waals surface area contributed by atoms with E-state index in [9.17, 15) is 13.2 Å². The number of hydrogen-bond donors (Lipinski definition) is 1. The zero-order valence-corrected chi connectivity index (χ0v) is 11.6. The molecule has 0 spiro atoms. The number of sulfonamides is 1. The zero-order chi connectivity index (χ0) is 14.3. The molecule has 0 radical (unpaired) electrons. The minimum atomic E-state index is -3.69. The lowest BCUT2D eigenvalue weighted by Crippen LogP contribution is -2.20. The second-order valence-electron chi connectivity index (χ2n) is 3.74. The van der Waals surface area contributed by atoms with E-state index in [0.717, 1.165) is 0 Å². The molecule has 0 atom stereocenters. The summed E-state index contributed by atoms with van der Waals surface area (Å²) in [6.07, 6.45) is -0.0504. The monoisotopic (exact) mass is 284 g/mol. The SMILES string of the molecule is CCOC(=O)C/C(C)=N/NS(=O)(=O)c1ccccc1. The molecule has 0 heterocycles. The molecule has 0 aromatic heterocycles. The van der Waals surface area contributed by atoms with E-state index < -0.39 is 16.0 Å². The maximum absolute atomic E-state index is 11.8. The molecule has 0 aliphatic rings. The molecule has 6 nitrogen and oxygen atoms in total. The molecule has 1 N–H and O–H groups in total. The summed E-state index contributed by atoms with van der Waals surface area (Å²) in [5.41, 5.74) is 0.331. The average Bonchev–Trinajstić information content (AvgIpc) is 2.38. The minimum Gasteiger partial charge on any atom is -0.466 e. The van der Waals surface area contributed by atoms with E-state index in [-0.39, 0.29) is 17.9 Å². The van der Waals surface area contributed by atoms with Gasteiger partial charge in [-0.2, -0.15) is 13.5 Å². The average molecular weight is 284 g/mol. The van der Waals surface area contributed by atoms with Gasteiger partial charge in [-0.05, 0) is 26.0 Å². The van der Waals surface area contributed by atoms with E-state index in [1.165, 1.54) is 12.1 Å². The van der Waals surface area contributed by atoms with E-state index in [1.807, 2.05) is 0 Å². The molecule has 1 rings (SSSR count). The normalized spacial score (nSPS) is 12.0. The topological polar surface area (TPSA) is 84.8 Å². The number of nitrogens with one attached hydrogen (secondary N) is 1. The van der Waals surface area contributed by atoms with E-state index in [4.69, 9.17) is 4.74 Å². The summed E-state index contributed by atoms with van der Waals surface area (Å²) in [4.78, 5) is 13.4. The highest BCUT2D eigenvalue weighted by molar-refractivity contribution is 7.89.